The van der Waals surface area contributed by atoms with E-state index in [0.717, 1.165) is 11.8 Å². The number of pyridine rings is 1. The molecule has 0 radical (unpaired) electrons. The summed E-state index contributed by atoms with van der Waals surface area (Å²) in [6.07, 6.45) is 3.01. The maximum Gasteiger partial charge on any atom is 0.328 e. The van der Waals surface area contributed by atoms with Crippen molar-refractivity contribution in [1.29, 1.82) is 0 Å². The van der Waals surface area contributed by atoms with Crippen molar-refractivity contribution in [2.75, 3.05) is 7.11 Å². The number of aryl methyl sites for hydroxylation is 1. The number of hydrogen-bond donors (Lipinski definition) is 1. The van der Waals surface area contributed by atoms with E-state index in [1.54, 1.807) is 38.3 Å². The van der Waals surface area contributed by atoms with Gasteiger partial charge in [-0.1, -0.05) is 26.8 Å². The van der Waals surface area contributed by atoms with Gasteiger partial charge in [0.2, 0.25) is 5.88 Å². The highest BCUT2D eigenvalue weighted by molar-refractivity contribution is 5.84. The molecule has 2 aromatic heterocycles. The summed E-state index contributed by atoms with van der Waals surface area (Å²) in [5.41, 5.74) is 2.89. The fraction of sp³-hybridized carbons (Fsp3) is 0.308. The summed E-state index contributed by atoms with van der Waals surface area (Å²) in [5.74, 6) is -0.0909. The summed E-state index contributed by atoms with van der Waals surface area (Å²) in [7, 11) is 1.55. The summed E-state index contributed by atoms with van der Waals surface area (Å²) in [6.45, 7) is 8.12. The molecule has 1 aromatic carbocycles. The molecule has 0 amide bonds. The Morgan fingerprint density at radius 3 is 2.53 bits per heavy atom. The van der Waals surface area contributed by atoms with E-state index in [-0.39, 0.29) is 17.8 Å². The van der Waals surface area contributed by atoms with Crippen molar-refractivity contribution in [2.24, 2.45) is 5.41 Å². The van der Waals surface area contributed by atoms with E-state index >= 15 is 0 Å². The molecule has 0 saturated carbocycles. The second-order valence-corrected chi connectivity index (χ2v) is 9.02. The third-order valence-electron chi connectivity index (χ3n) is 4.79. The normalized spacial score (nSPS) is 11.6. The molecule has 0 saturated heterocycles. The SMILES string of the molecule is COc1ccc(F)c(-c2ccc(COc3cc(C=CC(=O)O)nc(C)n3)nc2CC(C)(C)C)c1. The number of aromatic nitrogens is 3. The van der Waals surface area contributed by atoms with Crippen molar-refractivity contribution >= 4 is 12.0 Å². The standard InChI is InChI=1S/C26H28FN3O4/c1-16-28-17(7-11-25(31)32)12-24(29-16)34-15-18-6-9-20(23(30-18)14-26(2,3)4)21-13-19(33-5)8-10-22(21)27/h6-13H,14-15H2,1-5H3,(H,31,32). The second kappa shape index (κ2) is 10.4. The minimum atomic E-state index is -1.07. The quantitative estimate of drug-likeness (QED) is 0.454. The van der Waals surface area contributed by atoms with Crippen LogP contribution < -0.4 is 9.47 Å². The minimum Gasteiger partial charge on any atom is -0.497 e. The van der Waals surface area contributed by atoms with Gasteiger partial charge in [0, 0.05) is 29.0 Å². The zero-order valence-electron chi connectivity index (χ0n) is 19.9. The predicted molar refractivity (Wildman–Crippen MR) is 127 cm³/mol. The topological polar surface area (TPSA) is 94.4 Å². The molecule has 34 heavy (non-hydrogen) atoms. The predicted octanol–water partition coefficient (Wildman–Crippen LogP) is 5.26. The van der Waals surface area contributed by atoms with Crippen LogP contribution in [-0.4, -0.2) is 33.1 Å². The van der Waals surface area contributed by atoms with Gasteiger partial charge in [0.05, 0.1) is 18.5 Å². The molecular weight excluding hydrogens is 437 g/mol. The van der Waals surface area contributed by atoms with Crippen molar-refractivity contribution in [3.8, 4) is 22.8 Å². The van der Waals surface area contributed by atoms with E-state index in [4.69, 9.17) is 19.6 Å². The molecule has 0 atom stereocenters. The molecule has 0 aliphatic heterocycles. The lowest BCUT2D eigenvalue weighted by molar-refractivity contribution is -0.131. The van der Waals surface area contributed by atoms with Crippen molar-refractivity contribution in [3.63, 3.8) is 0 Å². The number of methoxy groups -OCH3 is 1. The molecule has 178 valence electrons. The van der Waals surface area contributed by atoms with Crippen molar-refractivity contribution in [1.82, 2.24) is 15.0 Å². The first-order valence-electron chi connectivity index (χ1n) is 10.8. The first-order chi connectivity index (χ1) is 16.0. The zero-order chi connectivity index (χ0) is 24.9. The Labute approximate surface area is 198 Å². The summed E-state index contributed by atoms with van der Waals surface area (Å²) in [6, 6.07) is 9.84. The Balaban J connectivity index is 1.91. The molecule has 3 rings (SSSR count). The number of carboxylic acids is 1. The molecule has 0 unspecified atom stereocenters. The Morgan fingerprint density at radius 1 is 1.09 bits per heavy atom. The molecular formula is C26H28FN3O4. The van der Waals surface area contributed by atoms with Gasteiger partial charge in [-0.3, -0.25) is 4.98 Å². The van der Waals surface area contributed by atoms with Gasteiger partial charge in [-0.05, 0) is 49.1 Å². The van der Waals surface area contributed by atoms with E-state index in [1.165, 1.54) is 12.1 Å². The highest BCUT2D eigenvalue weighted by Gasteiger charge is 2.19. The van der Waals surface area contributed by atoms with Crippen LogP contribution in [0.4, 0.5) is 4.39 Å². The number of hydrogen-bond acceptors (Lipinski definition) is 6. The number of carboxylic acid groups (broad SMARTS) is 1. The van der Waals surface area contributed by atoms with E-state index < -0.39 is 5.97 Å². The molecule has 2 heterocycles. The average molecular weight is 466 g/mol. The summed E-state index contributed by atoms with van der Waals surface area (Å²) >= 11 is 0. The first-order valence-corrected chi connectivity index (χ1v) is 10.8. The van der Waals surface area contributed by atoms with Crippen molar-refractivity contribution < 1.29 is 23.8 Å². The lowest BCUT2D eigenvalue weighted by Gasteiger charge is -2.21. The van der Waals surface area contributed by atoms with E-state index in [1.807, 2.05) is 6.07 Å². The van der Waals surface area contributed by atoms with Crippen LogP contribution in [0.3, 0.4) is 0 Å². The van der Waals surface area contributed by atoms with Crippen LogP contribution in [0.15, 0.2) is 42.5 Å². The first kappa shape index (κ1) is 24.8. The van der Waals surface area contributed by atoms with E-state index in [9.17, 15) is 9.18 Å². The lowest BCUT2D eigenvalue weighted by atomic mass is 9.87. The van der Waals surface area contributed by atoms with E-state index in [2.05, 4.69) is 30.7 Å². The van der Waals surface area contributed by atoms with Crippen molar-refractivity contribution in [2.45, 2.75) is 40.7 Å². The van der Waals surface area contributed by atoms with Gasteiger partial charge in [-0.2, -0.15) is 4.98 Å². The number of aliphatic carboxylic acids is 1. The molecule has 0 spiro atoms. The second-order valence-electron chi connectivity index (χ2n) is 9.02. The molecule has 0 aliphatic rings. The number of carbonyl (C=O) groups is 1. The molecule has 3 aromatic rings. The van der Waals surface area contributed by atoms with Gasteiger partial charge in [-0.25, -0.2) is 14.2 Å². The van der Waals surface area contributed by atoms with Crippen LogP contribution in [0.25, 0.3) is 17.2 Å². The summed E-state index contributed by atoms with van der Waals surface area (Å²) in [5, 5.41) is 8.82. The molecule has 7 nitrogen and oxygen atoms in total. The lowest BCUT2D eigenvalue weighted by Crippen LogP contribution is -2.13. The molecule has 0 aliphatic carbocycles. The zero-order valence-corrected chi connectivity index (χ0v) is 19.9. The van der Waals surface area contributed by atoms with Crippen LogP contribution in [0, 0.1) is 18.2 Å². The molecule has 8 heteroatoms. The van der Waals surface area contributed by atoms with Crippen LogP contribution >= 0.6 is 0 Å². The maximum atomic E-state index is 14.7. The average Bonchev–Trinajstić information content (AvgIpc) is 2.76. The third-order valence-corrected chi connectivity index (χ3v) is 4.79. The molecule has 0 bridgehead atoms. The van der Waals surface area contributed by atoms with Crippen LogP contribution in [-0.2, 0) is 17.8 Å². The van der Waals surface area contributed by atoms with Crippen molar-refractivity contribution in [3.05, 3.63) is 71.2 Å². The number of benzene rings is 1. The Hall–Kier alpha value is -3.81. The van der Waals surface area contributed by atoms with Gasteiger partial charge in [0.15, 0.2) is 0 Å². The third kappa shape index (κ3) is 6.84. The molecule has 0 fully saturated rings. The Morgan fingerprint density at radius 2 is 1.85 bits per heavy atom. The molecule has 1 N–H and O–H groups in total. The van der Waals surface area contributed by atoms with Gasteiger partial charge < -0.3 is 14.6 Å². The smallest absolute Gasteiger partial charge is 0.328 e. The summed E-state index contributed by atoms with van der Waals surface area (Å²) in [4.78, 5) is 24.0. The van der Waals surface area contributed by atoms with Gasteiger partial charge in [0.25, 0.3) is 0 Å². The van der Waals surface area contributed by atoms with Gasteiger partial charge in [-0.15, -0.1) is 0 Å². The van der Waals surface area contributed by atoms with Crippen LogP contribution in [0.2, 0.25) is 0 Å². The number of ether oxygens (including phenoxy) is 2. The van der Waals surface area contributed by atoms with Crippen LogP contribution in [0.5, 0.6) is 11.6 Å². The fourth-order valence-electron chi connectivity index (χ4n) is 3.37. The number of nitrogens with zero attached hydrogens (tertiary/aromatic N) is 3. The van der Waals surface area contributed by atoms with Gasteiger partial charge in [0.1, 0.15) is 24.0 Å². The Bertz CT molecular complexity index is 1220. The number of halogens is 1. The van der Waals surface area contributed by atoms with Crippen LogP contribution in [0.1, 0.15) is 43.7 Å². The largest absolute Gasteiger partial charge is 0.497 e. The highest BCUT2D eigenvalue weighted by atomic mass is 19.1. The van der Waals surface area contributed by atoms with E-state index in [0.29, 0.717) is 46.4 Å². The highest BCUT2D eigenvalue weighted by Crippen LogP contribution is 2.32. The summed E-state index contributed by atoms with van der Waals surface area (Å²) < 4.78 is 25.8. The minimum absolute atomic E-state index is 0.0777. The maximum absolute atomic E-state index is 14.7. The monoisotopic (exact) mass is 465 g/mol. The number of rotatable bonds is 8. The fourth-order valence-corrected chi connectivity index (χ4v) is 3.37. The van der Waals surface area contributed by atoms with Gasteiger partial charge >= 0.3 is 5.97 Å². The Kier molecular flexibility index (Phi) is 7.61.